The summed E-state index contributed by atoms with van der Waals surface area (Å²) in [5, 5.41) is 20.1. The van der Waals surface area contributed by atoms with Crippen LogP contribution in [0.3, 0.4) is 0 Å². The SMILES string of the molecule is COCCOC(=O)/C(C#N)=C(/NCc1nnc(S(C)(=O)=O)s1)SC. The van der Waals surface area contributed by atoms with Gasteiger partial charge in [-0.1, -0.05) is 11.3 Å². The lowest BCUT2D eigenvalue weighted by molar-refractivity contribution is -0.139. The van der Waals surface area contributed by atoms with Crippen LogP contribution in [0.1, 0.15) is 5.01 Å². The molecule has 12 heteroatoms. The van der Waals surface area contributed by atoms with Gasteiger partial charge in [0.1, 0.15) is 17.7 Å². The van der Waals surface area contributed by atoms with Gasteiger partial charge in [-0.15, -0.1) is 22.0 Å². The minimum atomic E-state index is -3.41. The molecule has 0 amide bonds. The van der Waals surface area contributed by atoms with Crippen molar-refractivity contribution in [2.75, 3.05) is 32.8 Å². The first-order valence-corrected chi connectivity index (χ1v) is 10.4. The van der Waals surface area contributed by atoms with E-state index in [4.69, 9.17) is 14.7 Å². The second kappa shape index (κ2) is 9.58. The number of ether oxygens (including phenoxy) is 2. The van der Waals surface area contributed by atoms with Crippen LogP contribution in [0, 0.1) is 11.3 Å². The quantitative estimate of drug-likeness (QED) is 0.271. The number of hydrogen-bond acceptors (Lipinski definition) is 11. The first-order valence-electron chi connectivity index (χ1n) is 6.44. The van der Waals surface area contributed by atoms with E-state index in [9.17, 15) is 13.2 Å². The highest BCUT2D eigenvalue weighted by molar-refractivity contribution is 8.02. The summed E-state index contributed by atoms with van der Waals surface area (Å²) in [5.41, 5.74) is -0.175. The Labute approximate surface area is 148 Å². The maximum atomic E-state index is 11.9. The van der Waals surface area contributed by atoms with Crippen molar-refractivity contribution in [3.63, 3.8) is 0 Å². The van der Waals surface area contributed by atoms with Gasteiger partial charge in [-0.25, -0.2) is 13.2 Å². The van der Waals surface area contributed by atoms with Crippen molar-refractivity contribution in [1.82, 2.24) is 15.5 Å². The molecule has 0 saturated heterocycles. The van der Waals surface area contributed by atoms with Gasteiger partial charge in [-0.2, -0.15) is 5.26 Å². The molecule has 1 heterocycles. The number of hydrogen-bond donors (Lipinski definition) is 1. The summed E-state index contributed by atoms with van der Waals surface area (Å²) in [6.07, 6.45) is 2.73. The molecule has 0 bridgehead atoms. The standard InChI is InChI=1S/C12H16N4O5S3/c1-20-4-5-21-11(17)8(6-13)10(22-2)14-7-9-15-16-12(23-9)24(3,18)19/h14H,4-5,7H2,1-3H3/b10-8-. The van der Waals surface area contributed by atoms with E-state index in [1.165, 1.54) is 7.11 Å². The zero-order valence-electron chi connectivity index (χ0n) is 13.2. The second-order valence-corrected chi connectivity index (χ2v) is 8.30. The van der Waals surface area contributed by atoms with Crippen LogP contribution in [0.4, 0.5) is 0 Å². The Bertz CT molecular complexity index is 751. The molecule has 0 saturated carbocycles. The van der Waals surface area contributed by atoms with E-state index in [0.717, 1.165) is 29.4 Å². The average molecular weight is 392 g/mol. The minimum absolute atomic E-state index is 0.0380. The number of nitriles is 1. The summed E-state index contributed by atoms with van der Waals surface area (Å²) >= 11 is 2.07. The number of carbonyl (C=O) groups is 1. The molecule has 0 aromatic carbocycles. The highest BCUT2D eigenvalue weighted by Crippen LogP contribution is 2.18. The number of aromatic nitrogens is 2. The van der Waals surface area contributed by atoms with Crippen LogP contribution in [0.25, 0.3) is 0 Å². The smallest absolute Gasteiger partial charge is 0.351 e. The van der Waals surface area contributed by atoms with Gasteiger partial charge in [-0.3, -0.25) is 0 Å². The molecule has 1 rings (SSSR count). The molecule has 1 N–H and O–H groups in total. The Morgan fingerprint density at radius 3 is 2.62 bits per heavy atom. The maximum Gasteiger partial charge on any atom is 0.351 e. The zero-order valence-corrected chi connectivity index (χ0v) is 15.7. The summed E-state index contributed by atoms with van der Waals surface area (Å²) in [7, 11) is -1.94. The van der Waals surface area contributed by atoms with E-state index >= 15 is 0 Å². The predicted molar refractivity (Wildman–Crippen MR) is 88.8 cm³/mol. The number of nitrogens with one attached hydrogen (secondary N) is 1. The van der Waals surface area contributed by atoms with Crippen molar-refractivity contribution in [1.29, 1.82) is 5.26 Å². The van der Waals surface area contributed by atoms with Crippen molar-refractivity contribution in [3.05, 3.63) is 15.6 Å². The van der Waals surface area contributed by atoms with Gasteiger partial charge >= 0.3 is 5.97 Å². The van der Waals surface area contributed by atoms with Crippen LogP contribution >= 0.6 is 23.1 Å². The summed E-state index contributed by atoms with van der Waals surface area (Å²) in [4.78, 5) is 11.9. The largest absolute Gasteiger partial charge is 0.459 e. The van der Waals surface area contributed by atoms with Crippen molar-refractivity contribution in [3.8, 4) is 6.07 Å². The van der Waals surface area contributed by atoms with Crippen LogP contribution in [-0.2, 0) is 30.7 Å². The molecule has 1 aromatic heterocycles. The van der Waals surface area contributed by atoms with Crippen molar-refractivity contribution in [2.45, 2.75) is 10.9 Å². The van der Waals surface area contributed by atoms with Crippen LogP contribution in [-0.4, -0.2) is 57.4 Å². The Morgan fingerprint density at radius 1 is 1.42 bits per heavy atom. The van der Waals surface area contributed by atoms with Gasteiger partial charge in [0.15, 0.2) is 5.57 Å². The second-order valence-electron chi connectivity index (χ2n) is 4.24. The Morgan fingerprint density at radius 2 is 2.12 bits per heavy atom. The lowest BCUT2D eigenvalue weighted by atomic mass is 10.3. The fourth-order valence-corrected chi connectivity index (χ4v) is 3.50. The molecule has 0 unspecified atom stereocenters. The number of rotatable bonds is 9. The highest BCUT2D eigenvalue weighted by atomic mass is 32.2. The molecule has 0 fully saturated rings. The van der Waals surface area contributed by atoms with Crippen LogP contribution in [0.2, 0.25) is 0 Å². The van der Waals surface area contributed by atoms with E-state index in [1.54, 1.807) is 12.3 Å². The van der Waals surface area contributed by atoms with Gasteiger partial charge < -0.3 is 14.8 Å². The third kappa shape index (κ3) is 6.08. The van der Waals surface area contributed by atoms with Crippen LogP contribution < -0.4 is 5.32 Å². The van der Waals surface area contributed by atoms with E-state index in [0.29, 0.717) is 10.0 Å². The Hall–Kier alpha value is -1.68. The monoisotopic (exact) mass is 392 g/mol. The summed E-state index contributed by atoms with van der Waals surface area (Å²) in [6.45, 7) is 0.391. The van der Waals surface area contributed by atoms with Crippen molar-refractivity contribution in [2.24, 2.45) is 0 Å². The molecule has 0 aliphatic rings. The number of esters is 1. The molecular formula is C12H16N4O5S3. The zero-order chi connectivity index (χ0) is 18.2. The molecule has 24 heavy (non-hydrogen) atoms. The van der Waals surface area contributed by atoms with Crippen LogP contribution in [0.15, 0.2) is 14.9 Å². The van der Waals surface area contributed by atoms with Crippen LogP contribution in [0.5, 0.6) is 0 Å². The molecule has 0 spiro atoms. The Kier molecular flexibility index (Phi) is 8.13. The Balaban J connectivity index is 2.82. The third-order valence-corrected chi connectivity index (χ3v) is 5.78. The molecule has 0 aliphatic carbocycles. The first kappa shape index (κ1) is 20.4. The molecule has 0 radical (unpaired) electrons. The van der Waals surface area contributed by atoms with Crippen molar-refractivity contribution >= 4 is 38.9 Å². The number of methoxy groups -OCH3 is 1. The molecule has 132 valence electrons. The number of nitrogens with zero attached hydrogens (tertiary/aromatic N) is 3. The normalized spacial score (nSPS) is 12.2. The summed E-state index contributed by atoms with van der Waals surface area (Å²) < 4.78 is 32.3. The van der Waals surface area contributed by atoms with Gasteiger partial charge in [0, 0.05) is 13.4 Å². The minimum Gasteiger partial charge on any atom is -0.459 e. The molecule has 9 nitrogen and oxygen atoms in total. The molecule has 0 aliphatic heterocycles. The van der Waals surface area contributed by atoms with E-state index in [1.807, 2.05) is 0 Å². The average Bonchev–Trinajstić information content (AvgIpc) is 3.00. The topological polar surface area (TPSA) is 131 Å². The lowest BCUT2D eigenvalue weighted by Gasteiger charge is -2.09. The molecular weight excluding hydrogens is 376 g/mol. The van der Waals surface area contributed by atoms with E-state index < -0.39 is 15.8 Å². The van der Waals surface area contributed by atoms with E-state index in [-0.39, 0.29) is 29.7 Å². The fraction of sp³-hybridized carbons (Fsp3) is 0.500. The third-order valence-electron chi connectivity index (χ3n) is 2.43. The number of sulfone groups is 1. The van der Waals surface area contributed by atoms with Crippen molar-refractivity contribution < 1.29 is 22.7 Å². The van der Waals surface area contributed by atoms with Gasteiger partial charge in [0.25, 0.3) is 0 Å². The maximum absolute atomic E-state index is 11.9. The summed E-state index contributed by atoms with van der Waals surface area (Å²) in [5.74, 6) is -0.763. The summed E-state index contributed by atoms with van der Waals surface area (Å²) in [6, 6.07) is 1.80. The van der Waals surface area contributed by atoms with Gasteiger partial charge in [0.05, 0.1) is 18.2 Å². The first-order chi connectivity index (χ1) is 11.3. The van der Waals surface area contributed by atoms with Gasteiger partial charge in [-0.05, 0) is 6.26 Å². The molecule has 1 aromatic rings. The molecule has 0 atom stereocenters. The van der Waals surface area contributed by atoms with Gasteiger partial charge in [0.2, 0.25) is 14.2 Å². The van der Waals surface area contributed by atoms with E-state index in [2.05, 4.69) is 15.5 Å². The lowest BCUT2D eigenvalue weighted by Crippen LogP contribution is -2.18. The highest BCUT2D eigenvalue weighted by Gasteiger charge is 2.18. The fourth-order valence-electron chi connectivity index (χ4n) is 1.36. The predicted octanol–water partition coefficient (Wildman–Crippen LogP) is 0.319. The number of carbonyl (C=O) groups excluding carboxylic acids is 1. The number of thioether (sulfide) groups is 1.